The molecule has 3 rings (SSSR count). The van der Waals surface area contributed by atoms with Crippen molar-refractivity contribution in [2.45, 2.75) is 38.0 Å². The van der Waals surface area contributed by atoms with E-state index in [0.717, 1.165) is 31.5 Å². The molecule has 146 valence electrons. The van der Waals surface area contributed by atoms with Gasteiger partial charge in [-0.1, -0.05) is 6.07 Å². The summed E-state index contributed by atoms with van der Waals surface area (Å²) in [5, 5.41) is 3.37. The SMILES string of the molecule is CN(Cc1ccc(C(F)(F)F)cc1N1CCOCC1)C1(C)CCNCC1. The maximum Gasteiger partial charge on any atom is 0.416 e. The Morgan fingerprint density at radius 1 is 1.19 bits per heavy atom. The maximum atomic E-state index is 13.2. The van der Waals surface area contributed by atoms with Gasteiger partial charge in [0.15, 0.2) is 0 Å². The summed E-state index contributed by atoms with van der Waals surface area (Å²) in [5.41, 5.74) is 1.11. The molecule has 2 fully saturated rings. The van der Waals surface area contributed by atoms with Crippen LogP contribution in [-0.2, 0) is 17.5 Å². The third-order valence-corrected chi connectivity index (χ3v) is 5.77. The van der Waals surface area contributed by atoms with Crippen molar-refractivity contribution in [2.24, 2.45) is 0 Å². The third kappa shape index (κ3) is 4.32. The number of hydrogen-bond acceptors (Lipinski definition) is 4. The Balaban J connectivity index is 1.87. The number of benzene rings is 1. The lowest BCUT2D eigenvalue weighted by atomic mass is 9.88. The highest BCUT2D eigenvalue weighted by atomic mass is 19.4. The molecule has 0 radical (unpaired) electrons. The Morgan fingerprint density at radius 2 is 1.85 bits per heavy atom. The smallest absolute Gasteiger partial charge is 0.378 e. The molecule has 2 aliphatic heterocycles. The highest BCUT2D eigenvalue weighted by Gasteiger charge is 2.34. The molecule has 0 saturated carbocycles. The van der Waals surface area contributed by atoms with Crippen LogP contribution in [0, 0.1) is 0 Å². The van der Waals surface area contributed by atoms with Gasteiger partial charge in [-0.2, -0.15) is 13.2 Å². The van der Waals surface area contributed by atoms with E-state index in [1.165, 1.54) is 12.1 Å². The van der Waals surface area contributed by atoms with Crippen LogP contribution in [-0.4, -0.2) is 56.9 Å². The van der Waals surface area contributed by atoms with Gasteiger partial charge in [0, 0.05) is 30.9 Å². The summed E-state index contributed by atoms with van der Waals surface area (Å²) in [4.78, 5) is 4.31. The van der Waals surface area contributed by atoms with E-state index >= 15 is 0 Å². The molecule has 1 aromatic rings. The molecule has 2 heterocycles. The van der Waals surface area contributed by atoms with Crippen LogP contribution in [0.5, 0.6) is 0 Å². The fourth-order valence-corrected chi connectivity index (χ4v) is 3.77. The van der Waals surface area contributed by atoms with Crippen molar-refractivity contribution in [3.63, 3.8) is 0 Å². The first kappa shape index (κ1) is 19.5. The number of morpholine rings is 1. The van der Waals surface area contributed by atoms with E-state index in [2.05, 4.69) is 24.2 Å². The normalized spacial score (nSPS) is 21.2. The Kier molecular flexibility index (Phi) is 5.79. The van der Waals surface area contributed by atoms with Crippen LogP contribution in [0.2, 0.25) is 0 Å². The Hall–Kier alpha value is -1.31. The van der Waals surface area contributed by atoms with Crippen molar-refractivity contribution in [3.8, 4) is 0 Å². The van der Waals surface area contributed by atoms with Crippen LogP contribution in [0.4, 0.5) is 18.9 Å². The molecule has 0 aromatic heterocycles. The van der Waals surface area contributed by atoms with Crippen molar-refractivity contribution in [2.75, 3.05) is 51.3 Å². The summed E-state index contributed by atoms with van der Waals surface area (Å²) in [6.07, 6.45) is -2.25. The molecule has 0 bridgehead atoms. The average Bonchev–Trinajstić information content (AvgIpc) is 2.62. The fourth-order valence-electron chi connectivity index (χ4n) is 3.77. The van der Waals surface area contributed by atoms with Crippen molar-refractivity contribution in [3.05, 3.63) is 29.3 Å². The molecule has 4 nitrogen and oxygen atoms in total. The number of ether oxygens (including phenoxy) is 1. The minimum atomic E-state index is -4.33. The summed E-state index contributed by atoms with van der Waals surface area (Å²) in [7, 11) is 2.08. The van der Waals surface area contributed by atoms with Gasteiger partial charge in [-0.3, -0.25) is 4.90 Å². The molecule has 1 aromatic carbocycles. The molecule has 7 heteroatoms. The van der Waals surface area contributed by atoms with Gasteiger partial charge in [0.2, 0.25) is 0 Å². The van der Waals surface area contributed by atoms with Crippen LogP contribution < -0.4 is 10.2 Å². The number of nitrogens with zero attached hydrogens (tertiary/aromatic N) is 2. The van der Waals surface area contributed by atoms with E-state index in [1.807, 2.05) is 4.90 Å². The van der Waals surface area contributed by atoms with Gasteiger partial charge in [0.25, 0.3) is 0 Å². The average molecular weight is 371 g/mol. The molecule has 0 unspecified atom stereocenters. The standard InChI is InChI=1S/C19H28F3N3O/c1-18(5-7-23-8-6-18)24(2)14-15-3-4-16(19(20,21)22)13-17(15)25-9-11-26-12-10-25/h3-4,13,23H,5-12,14H2,1-2H3. The number of alkyl halides is 3. The first-order valence-corrected chi connectivity index (χ1v) is 9.24. The lowest BCUT2D eigenvalue weighted by Crippen LogP contribution is -2.50. The largest absolute Gasteiger partial charge is 0.416 e. The third-order valence-electron chi connectivity index (χ3n) is 5.77. The molecule has 2 saturated heterocycles. The van der Waals surface area contributed by atoms with E-state index in [4.69, 9.17) is 4.74 Å². The first-order valence-electron chi connectivity index (χ1n) is 9.24. The topological polar surface area (TPSA) is 27.7 Å². The predicted octanol–water partition coefficient (Wildman–Crippen LogP) is 3.12. The number of halogens is 3. The molecule has 0 spiro atoms. The van der Waals surface area contributed by atoms with Gasteiger partial charge < -0.3 is 15.0 Å². The lowest BCUT2D eigenvalue weighted by Gasteiger charge is -2.43. The number of rotatable bonds is 4. The molecule has 2 aliphatic rings. The number of piperidine rings is 1. The summed E-state index contributed by atoms with van der Waals surface area (Å²) in [6.45, 7) is 7.18. The maximum absolute atomic E-state index is 13.2. The van der Waals surface area contributed by atoms with Crippen molar-refractivity contribution in [1.82, 2.24) is 10.2 Å². The number of nitrogens with one attached hydrogen (secondary N) is 1. The van der Waals surface area contributed by atoms with Gasteiger partial charge in [-0.05, 0) is 57.6 Å². The highest BCUT2D eigenvalue weighted by Crippen LogP contribution is 2.35. The van der Waals surface area contributed by atoms with Crippen molar-refractivity contribution >= 4 is 5.69 Å². The monoisotopic (exact) mass is 371 g/mol. The minimum absolute atomic E-state index is 0.0657. The quantitative estimate of drug-likeness (QED) is 0.880. The van der Waals surface area contributed by atoms with Crippen LogP contribution >= 0.6 is 0 Å². The van der Waals surface area contributed by atoms with Gasteiger partial charge in [0.1, 0.15) is 0 Å². The van der Waals surface area contributed by atoms with Gasteiger partial charge in [-0.15, -0.1) is 0 Å². The predicted molar refractivity (Wildman–Crippen MR) is 96.5 cm³/mol. The number of anilines is 1. The second kappa shape index (κ2) is 7.74. The Bertz CT molecular complexity index is 609. The van der Waals surface area contributed by atoms with Gasteiger partial charge >= 0.3 is 6.18 Å². The Morgan fingerprint density at radius 3 is 2.46 bits per heavy atom. The molecular weight excluding hydrogens is 343 g/mol. The minimum Gasteiger partial charge on any atom is -0.378 e. The molecule has 26 heavy (non-hydrogen) atoms. The zero-order valence-electron chi connectivity index (χ0n) is 15.5. The van der Waals surface area contributed by atoms with Gasteiger partial charge in [0.05, 0.1) is 18.8 Å². The first-order chi connectivity index (χ1) is 12.3. The zero-order chi connectivity index (χ0) is 18.8. The van der Waals surface area contributed by atoms with E-state index in [1.54, 1.807) is 6.07 Å². The Labute approximate surface area is 153 Å². The lowest BCUT2D eigenvalue weighted by molar-refractivity contribution is -0.137. The molecule has 0 amide bonds. The molecule has 0 atom stereocenters. The van der Waals surface area contributed by atoms with Crippen LogP contribution in [0.15, 0.2) is 18.2 Å². The van der Waals surface area contributed by atoms with Crippen LogP contribution in [0.3, 0.4) is 0 Å². The van der Waals surface area contributed by atoms with E-state index < -0.39 is 11.7 Å². The van der Waals surface area contributed by atoms with Crippen molar-refractivity contribution in [1.29, 1.82) is 0 Å². The van der Waals surface area contributed by atoms with Crippen LogP contribution in [0.1, 0.15) is 30.9 Å². The van der Waals surface area contributed by atoms with E-state index in [0.29, 0.717) is 38.5 Å². The van der Waals surface area contributed by atoms with Crippen LogP contribution in [0.25, 0.3) is 0 Å². The fraction of sp³-hybridized carbons (Fsp3) is 0.684. The summed E-state index contributed by atoms with van der Waals surface area (Å²) >= 11 is 0. The van der Waals surface area contributed by atoms with Gasteiger partial charge in [-0.25, -0.2) is 0 Å². The number of hydrogen-bond donors (Lipinski definition) is 1. The van der Waals surface area contributed by atoms with E-state index in [-0.39, 0.29) is 5.54 Å². The zero-order valence-corrected chi connectivity index (χ0v) is 15.5. The molecule has 1 N–H and O–H groups in total. The molecular formula is C19H28F3N3O. The summed E-state index contributed by atoms with van der Waals surface area (Å²) in [5.74, 6) is 0. The summed E-state index contributed by atoms with van der Waals surface area (Å²) < 4.78 is 45.0. The van der Waals surface area contributed by atoms with E-state index in [9.17, 15) is 13.2 Å². The van der Waals surface area contributed by atoms with Crippen molar-refractivity contribution < 1.29 is 17.9 Å². The molecule has 0 aliphatic carbocycles. The highest BCUT2D eigenvalue weighted by molar-refractivity contribution is 5.56. The second-order valence-corrected chi connectivity index (χ2v) is 7.54. The summed E-state index contributed by atoms with van der Waals surface area (Å²) in [6, 6.07) is 4.16. The second-order valence-electron chi connectivity index (χ2n) is 7.54.